The molecule has 0 bridgehead atoms. The highest BCUT2D eigenvalue weighted by atomic mass is 32.1. The predicted octanol–water partition coefficient (Wildman–Crippen LogP) is 4.52. The van der Waals surface area contributed by atoms with Crippen LogP contribution in [0.15, 0.2) is 36.5 Å². The van der Waals surface area contributed by atoms with Gasteiger partial charge in [-0.3, -0.25) is 0 Å². The Morgan fingerprint density at radius 1 is 1.20 bits per heavy atom. The highest BCUT2D eigenvalue weighted by Gasteiger charge is 2.14. The fourth-order valence-electron chi connectivity index (χ4n) is 3.15. The molecule has 0 atom stereocenters. The van der Waals surface area contributed by atoms with Crippen LogP contribution >= 0.6 is 12.2 Å². The van der Waals surface area contributed by atoms with Gasteiger partial charge >= 0.3 is 0 Å². The van der Waals surface area contributed by atoms with Gasteiger partial charge in [0.05, 0.1) is 7.11 Å². The van der Waals surface area contributed by atoms with Crippen LogP contribution in [0.1, 0.15) is 32.1 Å². The maximum Gasteiger partial charge on any atom is 0.172 e. The number of hydrogen-bond donors (Lipinski definition) is 2. The van der Waals surface area contributed by atoms with Crippen molar-refractivity contribution in [3.8, 4) is 16.9 Å². The lowest BCUT2D eigenvalue weighted by Crippen LogP contribution is -2.38. The molecule has 0 spiro atoms. The number of ether oxygens (including phenoxy) is 1. The Hall–Kier alpha value is -2.21. The van der Waals surface area contributed by atoms with Gasteiger partial charge in [0.15, 0.2) is 5.11 Å². The van der Waals surface area contributed by atoms with Gasteiger partial charge in [-0.15, -0.1) is 0 Å². The lowest BCUT2D eigenvalue weighted by atomic mass is 9.96. The number of thiocarbonyl (C=S) groups is 1. The second-order valence-electron chi connectivity index (χ2n) is 6.21. The monoisotopic (exact) mass is 359 g/mol. The van der Waals surface area contributed by atoms with E-state index in [2.05, 4.69) is 15.6 Å². The lowest BCUT2D eigenvalue weighted by Gasteiger charge is -2.24. The average molecular weight is 359 g/mol. The zero-order chi connectivity index (χ0) is 17.6. The van der Waals surface area contributed by atoms with Crippen LogP contribution < -0.4 is 15.4 Å². The summed E-state index contributed by atoms with van der Waals surface area (Å²) >= 11 is 5.41. The number of halogens is 1. The summed E-state index contributed by atoms with van der Waals surface area (Å²) in [5.41, 5.74) is 1.69. The summed E-state index contributed by atoms with van der Waals surface area (Å²) in [5, 5.41) is 7.09. The summed E-state index contributed by atoms with van der Waals surface area (Å²) in [4.78, 5) is 4.32. The molecule has 1 heterocycles. The molecule has 3 rings (SSSR count). The first-order valence-corrected chi connectivity index (χ1v) is 8.94. The van der Waals surface area contributed by atoms with Gasteiger partial charge < -0.3 is 15.4 Å². The number of hydrogen-bond acceptors (Lipinski definition) is 3. The second kappa shape index (κ2) is 8.25. The van der Waals surface area contributed by atoms with Crippen molar-refractivity contribution in [2.75, 3.05) is 12.4 Å². The number of rotatable bonds is 4. The van der Waals surface area contributed by atoms with Gasteiger partial charge in [0.25, 0.3) is 0 Å². The Kier molecular flexibility index (Phi) is 5.81. The molecule has 4 nitrogen and oxygen atoms in total. The van der Waals surface area contributed by atoms with Crippen molar-refractivity contribution in [2.24, 2.45) is 0 Å². The average Bonchev–Trinajstić information content (AvgIpc) is 2.62. The smallest absolute Gasteiger partial charge is 0.172 e. The van der Waals surface area contributed by atoms with Crippen LogP contribution in [0.3, 0.4) is 0 Å². The van der Waals surface area contributed by atoms with E-state index < -0.39 is 0 Å². The van der Waals surface area contributed by atoms with E-state index in [1.54, 1.807) is 12.3 Å². The summed E-state index contributed by atoms with van der Waals surface area (Å²) in [5.74, 6) is 0.808. The molecule has 1 aromatic carbocycles. The number of anilines is 1. The van der Waals surface area contributed by atoms with E-state index >= 15 is 0 Å². The predicted molar refractivity (Wildman–Crippen MR) is 102 cm³/mol. The van der Waals surface area contributed by atoms with E-state index in [0.29, 0.717) is 22.7 Å². The molecule has 132 valence electrons. The fourth-order valence-corrected chi connectivity index (χ4v) is 3.43. The first-order valence-electron chi connectivity index (χ1n) is 8.53. The van der Waals surface area contributed by atoms with Gasteiger partial charge in [0, 0.05) is 23.9 Å². The van der Waals surface area contributed by atoms with Crippen molar-refractivity contribution in [3.05, 3.63) is 42.3 Å². The number of nitrogens with one attached hydrogen (secondary N) is 2. The minimum absolute atomic E-state index is 0.328. The van der Waals surface area contributed by atoms with Crippen molar-refractivity contribution in [3.63, 3.8) is 0 Å². The maximum atomic E-state index is 13.4. The van der Waals surface area contributed by atoms with Crippen LogP contribution in [0.4, 0.5) is 10.2 Å². The van der Waals surface area contributed by atoms with Crippen molar-refractivity contribution in [1.82, 2.24) is 10.3 Å². The second-order valence-corrected chi connectivity index (χ2v) is 6.62. The van der Waals surface area contributed by atoms with E-state index in [1.807, 2.05) is 12.1 Å². The number of nitrogens with zero attached hydrogens (tertiary/aromatic N) is 1. The van der Waals surface area contributed by atoms with Crippen molar-refractivity contribution >= 4 is 23.1 Å². The molecule has 0 radical (unpaired) electrons. The molecular formula is C19H22FN3OS. The minimum atomic E-state index is -0.328. The molecule has 25 heavy (non-hydrogen) atoms. The molecule has 0 saturated heterocycles. The molecule has 1 aromatic heterocycles. The van der Waals surface area contributed by atoms with Gasteiger partial charge in [-0.05, 0) is 54.9 Å². The van der Waals surface area contributed by atoms with Crippen LogP contribution in [0.5, 0.6) is 5.75 Å². The van der Waals surface area contributed by atoms with Crippen molar-refractivity contribution in [2.45, 2.75) is 38.1 Å². The third-order valence-electron chi connectivity index (χ3n) is 4.42. The lowest BCUT2D eigenvalue weighted by molar-refractivity contribution is 0.413. The third-order valence-corrected chi connectivity index (χ3v) is 4.64. The largest absolute Gasteiger partial charge is 0.496 e. The third kappa shape index (κ3) is 4.66. The molecule has 6 heteroatoms. The molecule has 1 aliphatic rings. The van der Waals surface area contributed by atoms with Crippen LogP contribution in [-0.4, -0.2) is 23.2 Å². The van der Waals surface area contributed by atoms with E-state index in [4.69, 9.17) is 17.0 Å². The van der Waals surface area contributed by atoms with Gasteiger partial charge in [-0.1, -0.05) is 19.3 Å². The zero-order valence-electron chi connectivity index (χ0n) is 14.2. The summed E-state index contributed by atoms with van der Waals surface area (Å²) in [7, 11) is 1.53. The number of pyridine rings is 1. The van der Waals surface area contributed by atoms with Gasteiger partial charge in [0.2, 0.25) is 0 Å². The molecule has 1 aliphatic carbocycles. The van der Waals surface area contributed by atoms with Gasteiger partial charge in [0.1, 0.15) is 17.4 Å². The van der Waals surface area contributed by atoms with E-state index in [9.17, 15) is 4.39 Å². The Balaban J connectivity index is 1.72. The van der Waals surface area contributed by atoms with Crippen LogP contribution in [0.2, 0.25) is 0 Å². The Bertz CT molecular complexity index is 747. The Morgan fingerprint density at radius 3 is 2.76 bits per heavy atom. The van der Waals surface area contributed by atoms with Gasteiger partial charge in [-0.25, -0.2) is 9.37 Å². The van der Waals surface area contributed by atoms with Crippen LogP contribution in [-0.2, 0) is 0 Å². The number of benzene rings is 1. The minimum Gasteiger partial charge on any atom is -0.496 e. The molecule has 2 aromatic rings. The highest BCUT2D eigenvalue weighted by molar-refractivity contribution is 7.80. The quantitative estimate of drug-likeness (QED) is 0.786. The summed E-state index contributed by atoms with van der Waals surface area (Å²) < 4.78 is 18.7. The Labute approximate surface area is 152 Å². The first kappa shape index (κ1) is 17.6. The summed E-state index contributed by atoms with van der Waals surface area (Å²) in [6, 6.07) is 8.67. The molecule has 0 amide bonds. The van der Waals surface area contributed by atoms with Crippen molar-refractivity contribution < 1.29 is 9.13 Å². The molecule has 2 N–H and O–H groups in total. The molecule has 0 unspecified atom stereocenters. The van der Waals surface area contributed by atoms with E-state index in [-0.39, 0.29) is 5.82 Å². The molecule has 1 fully saturated rings. The highest BCUT2D eigenvalue weighted by Crippen LogP contribution is 2.31. The topological polar surface area (TPSA) is 46.2 Å². The molecule has 1 saturated carbocycles. The maximum absolute atomic E-state index is 13.4. The standard InChI is InChI=1S/C19H22FN3OS/c1-24-17-12-14(20)7-8-16(17)13-9-10-21-18(11-13)23-19(25)22-15-5-3-2-4-6-15/h7-12,15H,2-6H2,1H3,(H2,21,22,23,25). The normalized spacial score (nSPS) is 14.8. The summed E-state index contributed by atoms with van der Waals surface area (Å²) in [6.45, 7) is 0. The molecular weight excluding hydrogens is 337 g/mol. The Morgan fingerprint density at radius 2 is 2.00 bits per heavy atom. The first-order chi connectivity index (χ1) is 12.2. The van der Waals surface area contributed by atoms with E-state index in [1.165, 1.54) is 38.5 Å². The number of methoxy groups -OCH3 is 1. The van der Waals surface area contributed by atoms with Crippen LogP contribution in [0, 0.1) is 5.82 Å². The summed E-state index contributed by atoms with van der Waals surface area (Å²) in [6.07, 6.45) is 7.81. The van der Waals surface area contributed by atoms with Crippen molar-refractivity contribution in [1.29, 1.82) is 0 Å². The molecule has 0 aliphatic heterocycles. The fraction of sp³-hybridized carbons (Fsp3) is 0.368. The zero-order valence-corrected chi connectivity index (χ0v) is 15.0. The van der Waals surface area contributed by atoms with E-state index in [0.717, 1.165) is 24.0 Å². The SMILES string of the molecule is COc1cc(F)ccc1-c1ccnc(NC(=S)NC2CCCCC2)c1. The number of aromatic nitrogens is 1. The van der Waals surface area contributed by atoms with Crippen LogP contribution in [0.25, 0.3) is 11.1 Å². The van der Waals surface area contributed by atoms with Gasteiger partial charge in [-0.2, -0.15) is 0 Å².